The Morgan fingerprint density at radius 1 is 1.07 bits per heavy atom. The predicted octanol–water partition coefficient (Wildman–Crippen LogP) is 4.10. The van der Waals surface area contributed by atoms with Gasteiger partial charge in [0.25, 0.3) is 0 Å². The first-order valence-electron chi connectivity index (χ1n) is 9.07. The highest BCUT2D eigenvalue weighted by Gasteiger charge is 2.24. The molecular formula is C19H20N6O2S. The maximum Gasteiger partial charge on any atom is 0.333 e. The number of anilines is 3. The number of carbonyl (C=O) groups is 1. The summed E-state index contributed by atoms with van der Waals surface area (Å²) in [7, 11) is 0. The lowest BCUT2D eigenvalue weighted by Crippen LogP contribution is -2.34. The molecule has 0 unspecified atom stereocenters. The van der Waals surface area contributed by atoms with E-state index >= 15 is 0 Å². The lowest BCUT2D eigenvalue weighted by molar-refractivity contribution is 0.230. The van der Waals surface area contributed by atoms with Crippen LogP contribution in [0.3, 0.4) is 0 Å². The molecule has 2 heterocycles. The molecule has 2 amide bonds. The van der Waals surface area contributed by atoms with Crippen molar-refractivity contribution < 1.29 is 9.90 Å². The van der Waals surface area contributed by atoms with Crippen molar-refractivity contribution in [3.63, 3.8) is 0 Å². The third-order valence-electron chi connectivity index (χ3n) is 4.66. The molecule has 0 aliphatic heterocycles. The molecule has 1 fully saturated rings. The molecule has 1 aliphatic carbocycles. The smallest absolute Gasteiger partial charge is 0.333 e. The Kier molecular flexibility index (Phi) is 5.16. The molecule has 28 heavy (non-hydrogen) atoms. The van der Waals surface area contributed by atoms with Gasteiger partial charge in [-0.2, -0.15) is 0 Å². The molecule has 9 heteroatoms. The Labute approximate surface area is 167 Å². The number of nitrogens with zero attached hydrogens (tertiary/aromatic N) is 4. The van der Waals surface area contributed by atoms with Gasteiger partial charge < -0.3 is 10.4 Å². The van der Waals surface area contributed by atoms with Crippen LogP contribution in [0.25, 0.3) is 11.2 Å². The Bertz CT molecular complexity index is 991. The zero-order valence-corrected chi connectivity index (χ0v) is 15.9. The van der Waals surface area contributed by atoms with Crippen LogP contribution in [0.2, 0.25) is 0 Å². The average Bonchev–Trinajstić information content (AvgIpc) is 3.23. The summed E-state index contributed by atoms with van der Waals surface area (Å²) in [4.78, 5) is 25.6. The summed E-state index contributed by atoms with van der Waals surface area (Å²) < 4.78 is 1.45. The highest BCUT2D eigenvalue weighted by molar-refractivity contribution is 7.78. The number of benzene rings is 1. The van der Waals surface area contributed by atoms with Crippen molar-refractivity contribution in [2.75, 3.05) is 10.6 Å². The molecule has 3 N–H and O–H groups in total. The van der Waals surface area contributed by atoms with Gasteiger partial charge in [-0.05, 0) is 49.2 Å². The van der Waals surface area contributed by atoms with Crippen LogP contribution in [0.4, 0.5) is 22.1 Å². The second-order valence-electron chi connectivity index (χ2n) is 6.68. The minimum atomic E-state index is -0.298. The van der Waals surface area contributed by atoms with Gasteiger partial charge in [0, 0.05) is 11.7 Å². The second-order valence-corrected chi connectivity index (χ2v) is 7.11. The highest BCUT2D eigenvalue weighted by Crippen LogP contribution is 2.25. The predicted molar refractivity (Wildman–Crippen MR) is 111 cm³/mol. The molecule has 0 atom stereocenters. The van der Waals surface area contributed by atoms with Crippen molar-refractivity contribution in [2.45, 2.75) is 31.7 Å². The minimum Gasteiger partial charge on any atom is -0.508 e. The number of phenolic OH excluding ortho intramolecular Hbond substituents is 1. The molecule has 144 valence electrons. The number of aromatic hydroxyl groups is 1. The lowest BCUT2D eigenvalue weighted by atomic mass is 10.2. The first-order valence-corrected chi connectivity index (χ1v) is 9.47. The van der Waals surface area contributed by atoms with Gasteiger partial charge in [0.05, 0.1) is 6.20 Å². The molecule has 0 radical (unpaired) electrons. The molecule has 1 saturated carbocycles. The monoisotopic (exact) mass is 396 g/mol. The van der Waals surface area contributed by atoms with Gasteiger partial charge in [-0.25, -0.2) is 19.7 Å². The zero-order chi connectivity index (χ0) is 19.5. The fourth-order valence-corrected chi connectivity index (χ4v) is 3.48. The molecule has 4 rings (SSSR count). The number of carbonyl (C=O) groups excluding carboxylic acids is 1. The van der Waals surface area contributed by atoms with E-state index < -0.39 is 0 Å². The van der Waals surface area contributed by atoms with Crippen LogP contribution >= 0.6 is 12.8 Å². The van der Waals surface area contributed by atoms with Crippen molar-refractivity contribution in [2.24, 2.45) is 0 Å². The largest absolute Gasteiger partial charge is 0.508 e. The summed E-state index contributed by atoms with van der Waals surface area (Å²) >= 11 is 4.34. The number of amides is 2. The molecule has 1 aromatic carbocycles. The van der Waals surface area contributed by atoms with Crippen LogP contribution in [0.15, 0.2) is 42.6 Å². The van der Waals surface area contributed by atoms with E-state index in [4.69, 9.17) is 0 Å². The van der Waals surface area contributed by atoms with Gasteiger partial charge in [0.2, 0.25) is 0 Å². The summed E-state index contributed by atoms with van der Waals surface area (Å²) in [6.45, 7) is 0. The number of phenols is 1. The van der Waals surface area contributed by atoms with Crippen LogP contribution in [-0.4, -0.2) is 36.4 Å². The maximum atomic E-state index is 12.4. The number of thiol groups is 1. The average molecular weight is 396 g/mol. The van der Waals surface area contributed by atoms with Crippen LogP contribution < -0.4 is 10.6 Å². The first-order chi connectivity index (χ1) is 13.6. The zero-order valence-electron chi connectivity index (χ0n) is 15.0. The number of urea groups is 1. The van der Waals surface area contributed by atoms with E-state index in [9.17, 15) is 9.90 Å². The topological polar surface area (TPSA) is 103 Å². The van der Waals surface area contributed by atoms with Crippen molar-refractivity contribution in [1.29, 1.82) is 0 Å². The van der Waals surface area contributed by atoms with Gasteiger partial charge in [-0.15, -0.1) is 0 Å². The van der Waals surface area contributed by atoms with E-state index in [-0.39, 0.29) is 17.8 Å². The Morgan fingerprint density at radius 2 is 1.79 bits per heavy atom. The number of hydrogen-bond donors (Lipinski definition) is 4. The molecule has 8 nitrogen and oxygen atoms in total. The number of pyridine rings is 1. The van der Waals surface area contributed by atoms with Crippen molar-refractivity contribution in [3.8, 4) is 5.75 Å². The van der Waals surface area contributed by atoms with E-state index in [0.717, 1.165) is 31.4 Å². The number of hydrogen-bond acceptors (Lipinski definition) is 7. The van der Waals surface area contributed by atoms with Crippen molar-refractivity contribution >= 4 is 47.3 Å². The van der Waals surface area contributed by atoms with Crippen LogP contribution in [-0.2, 0) is 0 Å². The van der Waals surface area contributed by atoms with Crippen LogP contribution in [0.1, 0.15) is 25.7 Å². The summed E-state index contributed by atoms with van der Waals surface area (Å²) in [6.07, 6.45) is 5.79. The number of rotatable bonds is 4. The molecule has 2 aromatic heterocycles. The molecule has 0 bridgehead atoms. The molecule has 0 saturated heterocycles. The fourth-order valence-electron chi connectivity index (χ4n) is 3.20. The highest BCUT2D eigenvalue weighted by atomic mass is 32.1. The summed E-state index contributed by atoms with van der Waals surface area (Å²) in [5.74, 6) is 1.09. The van der Waals surface area contributed by atoms with Crippen LogP contribution in [0.5, 0.6) is 5.75 Å². The third-order valence-corrected chi connectivity index (χ3v) is 5.17. The molecule has 0 spiro atoms. The van der Waals surface area contributed by atoms with Gasteiger partial charge in [0.15, 0.2) is 11.5 Å². The quantitative estimate of drug-likeness (QED) is 0.391. The fraction of sp³-hybridized carbons (Fsp3) is 0.263. The molecular weight excluding hydrogens is 376 g/mol. The van der Waals surface area contributed by atoms with E-state index in [2.05, 4.69) is 38.4 Å². The lowest BCUT2D eigenvalue weighted by Gasteiger charge is -2.22. The number of nitrogens with one attached hydrogen (secondary N) is 2. The van der Waals surface area contributed by atoms with Gasteiger partial charge >= 0.3 is 6.03 Å². The normalized spacial score (nSPS) is 14.2. The Hall–Kier alpha value is -3.07. The number of fused-ring (bicyclic) bond motifs is 1. The van der Waals surface area contributed by atoms with E-state index in [1.54, 1.807) is 42.6 Å². The van der Waals surface area contributed by atoms with Crippen LogP contribution in [0, 0.1) is 0 Å². The van der Waals surface area contributed by atoms with E-state index in [0.29, 0.717) is 22.8 Å². The maximum absolute atomic E-state index is 12.4. The van der Waals surface area contributed by atoms with Gasteiger partial charge in [-0.3, -0.25) is 9.62 Å². The summed E-state index contributed by atoms with van der Waals surface area (Å²) in [5.41, 5.74) is 1.79. The van der Waals surface area contributed by atoms with E-state index in [1.165, 1.54) is 4.31 Å². The minimum absolute atomic E-state index is 0.157. The standard InChI is InChI=1S/C19H20N6O2S/c26-14-7-5-12(6-8-14)21-17-11-20-15-9-10-16(22-18(15)23-17)24-19(27)25(28)13-3-1-2-4-13/h5-11,13,26,28H,1-4H2,(H2,21,22,23,24,27). The van der Waals surface area contributed by atoms with Gasteiger partial charge in [0.1, 0.15) is 17.1 Å². The summed E-state index contributed by atoms with van der Waals surface area (Å²) in [6, 6.07) is 9.93. The van der Waals surface area contributed by atoms with E-state index in [1.807, 2.05) is 0 Å². The first kappa shape index (κ1) is 18.3. The second kappa shape index (κ2) is 7.89. The summed E-state index contributed by atoms with van der Waals surface area (Å²) in [5, 5.41) is 15.2. The Balaban J connectivity index is 1.50. The number of aromatic nitrogens is 3. The van der Waals surface area contributed by atoms with Crippen molar-refractivity contribution in [1.82, 2.24) is 19.3 Å². The van der Waals surface area contributed by atoms with Gasteiger partial charge in [-0.1, -0.05) is 25.7 Å². The Morgan fingerprint density at radius 3 is 2.54 bits per heavy atom. The third kappa shape index (κ3) is 4.09. The molecule has 3 aromatic rings. The molecule has 1 aliphatic rings. The SMILES string of the molecule is O=C(Nc1ccc2ncc(Nc3ccc(O)cc3)nc2n1)N(S)C1CCCC1. The van der Waals surface area contributed by atoms with Crippen molar-refractivity contribution in [3.05, 3.63) is 42.6 Å².